The Morgan fingerprint density at radius 2 is 1.73 bits per heavy atom. The van der Waals surface area contributed by atoms with E-state index in [-0.39, 0.29) is 0 Å². The first-order valence-corrected chi connectivity index (χ1v) is 13.4. The van der Waals surface area contributed by atoms with E-state index >= 15 is 0 Å². The first kappa shape index (κ1) is 25.6. The Hall–Kier alpha value is -2.02. The number of rotatable bonds is 8. The summed E-state index contributed by atoms with van der Waals surface area (Å²) in [4.78, 5) is 2.57. The second-order valence-corrected chi connectivity index (χ2v) is 11.0. The van der Waals surface area contributed by atoms with Crippen LogP contribution in [0.5, 0.6) is 0 Å². The van der Waals surface area contributed by atoms with Gasteiger partial charge in [0.25, 0.3) is 0 Å². The molecule has 3 rings (SSSR count). The number of likely N-dealkylation sites (tertiary alicyclic amines) is 1. The third kappa shape index (κ3) is 6.98. The van der Waals surface area contributed by atoms with Crippen molar-refractivity contribution < 1.29 is 0 Å². The maximum Gasteiger partial charge on any atom is 0.0366 e. The van der Waals surface area contributed by atoms with Crippen molar-refractivity contribution in [3.63, 3.8) is 0 Å². The summed E-state index contributed by atoms with van der Waals surface area (Å²) >= 11 is 0. The highest BCUT2D eigenvalue weighted by atomic mass is 15.1. The lowest BCUT2D eigenvalue weighted by atomic mass is 9.59. The summed E-state index contributed by atoms with van der Waals surface area (Å²) < 4.78 is 0. The van der Waals surface area contributed by atoms with Crippen molar-refractivity contribution in [3.8, 4) is 0 Å². The van der Waals surface area contributed by atoms with E-state index < -0.39 is 0 Å². The van der Waals surface area contributed by atoms with E-state index in [2.05, 4.69) is 94.7 Å². The third-order valence-corrected chi connectivity index (χ3v) is 7.88. The quantitative estimate of drug-likeness (QED) is 0.360. The predicted molar refractivity (Wildman–Crippen MR) is 145 cm³/mol. The molecule has 0 amide bonds. The van der Waals surface area contributed by atoms with Gasteiger partial charge in [-0.15, -0.1) is 0 Å². The molecule has 0 N–H and O–H groups in total. The molecule has 1 heterocycles. The molecule has 1 aromatic rings. The lowest BCUT2D eigenvalue weighted by Crippen LogP contribution is -2.43. The van der Waals surface area contributed by atoms with Crippen molar-refractivity contribution >= 4 is 0 Å². The van der Waals surface area contributed by atoms with Crippen molar-refractivity contribution in [2.75, 3.05) is 13.1 Å². The summed E-state index contributed by atoms with van der Waals surface area (Å²) in [5, 5.41) is 0. The molecule has 1 heteroatoms. The van der Waals surface area contributed by atoms with Crippen LogP contribution in [0.4, 0.5) is 0 Å². The first-order valence-electron chi connectivity index (χ1n) is 13.4. The van der Waals surface area contributed by atoms with Crippen molar-refractivity contribution in [2.24, 2.45) is 11.3 Å². The van der Waals surface area contributed by atoms with Crippen LogP contribution in [0.3, 0.4) is 0 Å². The molecule has 1 saturated carbocycles. The van der Waals surface area contributed by atoms with Gasteiger partial charge in [0, 0.05) is 18.8 Å². The largest absolute Gasteiger partial charge is 0.371 e. The van der Waals surface area contributed by atoms with E-state index in [9.17, 15) is 0 Å². The topological polar surface area (TPSA) is 3.24 Å². The predicted octanol–water partition coefficient (Wildman–Crippen LogP) is 9.22. The van der Waals surface area contributed by atoms with Crippen LogP contribution in [0.15, 0.2) is 77.6 Å². The lowest BCUT2D eigenvalue weighted by molar-refractivity contribution is 0.0453. The molecule has 2 aliphatic rings. The van der Waals surface area contributed by atoms with Gasteiger partial charge >= 0.3 is 0 Å². The zero-order valence-electron chi connectivity index (χ0n) is 22.0. The number of allylic oxidation sites excluding steroid dienone is 5. The number of nitrogens with zero attached hydrogens (tertiary/aromatic N) is 1. The summed E-state index contributed by atoms with van der Waals surface area (Å²) in [5.41, 5.74) is 7.23. The van der Waals surface area contributed by atoms with E-state index in [1.165, 1.54) is 67.4 Å². The summed E-state index contributed by atoms with van der Waals surface area (Å²) in [6, 6.07) is 11.3. The molecule has 0 radical (unpaired) electrons. The molecule has 1 saturated heterocycles. The van der Waals surface area contributed by atoms with Gasteiger partial charge in [0.2, 0.25) is 0 Å². The molecule has 0 aromatic heterocycles. The van der Waals surface area contributed by atoms with Crippen LogP contribution in [0.2, 0.25) is 0 Å². The van der Waals surface area contributed by atoms with E-state index in [4.69, 9.17) is 0 Å². The molecule has 2 unspecified atom stereocenters. The van der Waals surface area contributed by atoms with Crippen LogP contribution in [0.25, 0.3) is 0 Å². The molecule has 1 aromatic carbocycles. The van der Waals surface area contributed by atoms with E-state index in [0.29, 0.717) is 5.41 Å². The van der Waals surface area contributed by atoms with Gasteiger partial charge in [-0.05, 0) is 87.7 Å². The van der Waals surface area contributed by atoms with Gasteiger partial charge in [-0.1, -0.05) is 93.0 Å². The van der Waals surface area contributed by atoms with E-state index in [0.717, 1.165) is 31.3 Å². The highest BCUT2D eigenvalue weighted by Gasteiger charge is 2.42. The van der Waals surface area contributed by atoms with Crippen LogP contribution < -0.4 is 0 Å². The summed E-state index contributed by atoms with van der Waals surface area (Å²) in [6.07, 6.45) is 17.5. The number of hydrogen-bond donors (Lipinski definition) is 0. The minimum atomic E-state index is 0.508. The van der Waals surface area contributed by atoms with Crippen molar-refractivity contribution in [1.29, 1.82) is 0 Å². The van der Waals surface area contributed by atoms with Crippen LogP contribution >= 0.6 is 0 Å². The minimum absolute atomic E-state index is 0.508. The molecule has 0 bridgehead atoms. The van der Waals surface area contributed by atoms with Crippen molar-refractivity contribution in [2.45, 2.75) is 91.9 Å². The Balaban J connectivity index is 1.75. The summed E-state index contributed by atoms with van der Waals surface area (Å²) in [6.45, 7) is 18.0. The average Bonchev–Trinajstić information content (AvgIpc) is 2.79. The highest BCUT2D eigenvalue weighted by molar-refractivity contribution is 5.43. The average molecular weight is 446 g/mol. The van der Waals surface area contributed by atoms with Gasteiger partial charge in [0.15, 0.2) is 0 Å². The molecule has 1 spiro atoms. The zero-order valence-corrected chi connectivity index (χ0v) is 22.0. The van der Waals surface area contributed by atoms with Crippen LogP contribution in [0, 0.1) is 11.3 Å². The van der Waals surface area contributed by atoms with Gasteiger partial charge in [0.1, 0.15) is 0 Å². The first-order chi connectivity index (χ1) is 15.9. The monoisotopic (exact) mass is 445 g/mol. The Kier molecular flexibility index (Phi) is 9.24. The summed E-state index contributed by atoms with van der Waals surface area (Å²) in [7, 11) is 0. The highest BCUT2D eigenvalue weighted by Crippen LogP contribution is 2.53. The fourth-order valence-electron chi connectivity index (χ4n) is 6.38. The molecule has 1 aliphatic heterocycles. The van der Waals surface area contributed by atoms with Gasteiger partial charge in [-0.25, -0.2) is 0 Å². The fourth-order valence-corrected chi connectivity index (χ4v) is 6.38. The SMILES string of the molecule is C=C(/C(C=C(C)C)=C/C(C)=C/CC)N1CCC2(CC1)CC(CCC)CC(c1ccccc1)C2. The second-order valence-electron chi connectivity index (χ2n) is 11.0. The van der Waals surface area contributed by atoms with Gasteiger partial charge in [0.05, 0.1) is 0 Å². The molecule has 2 atom stereocenters. The van der Waals surface area contributed by atoms with Crippen molar-refractivity contribution in [3.05, 3.63) is 83.1 Å². The fraction of sp³-hybridized carbons (Fsp3) is 0.562. The molecular formula is C32H47N. The van der Waals surface area contributed by atoms with Gasteiger partial charge in [-0.3, -0.25) is 0 Å². The van der Waals surface area contributed by atoms with E-state index in [1.54, 1.807) is 5.56 Å². The molecule has 2 fully saturated rings. The maximum absolute atomic E-state index is 4.57. The standard InChI is InChI=1S/C32H47N/c1-7-12-26(5)21-30(20-25(3)4)27(6)33-18-16-32(17-19-33)23-28(13-8-2)22-31(24-32)29-14-10-9-11-15-29/h9-12,14-15,20-21,28,31H,6-8,13,16-19,22-24H2,1-5H3/b26-12+,30-21+. The second kappa shape index (κ2) is 11.9. The molecular weight excluding hydrogens is 398 g/mol. The van der Waals surface area contributed by atoms with Crippen LogP contribution in [-0.2, 0) is 0 Å². The molecule has 180 valence electrons. The Morgan fingerprint density at radius 1 is 1.03 bits per heavy atom. The Labute approximate surface area is 204 Å². The molecule has 1 aliphatic carbocycles. The lowest BCUT2D eigenvalue weighted by Gasteiger charge is -2.50. The summed E-state index contributed by atoms with van der Waals surface area (Å²) in [5.74, 6) is 1.61. The van der Waals surface area contributed by atoms with Crippen molar-refractivity contribution in [1.82, 2.24) is 4.90 Å². The number of hydrogen-bond acceptors (Lipinski definition) is 1. The van der Waals surface area contributed by atoms with Crippen LogP contribution in [-0.4, -0.2) is 18.0 Å². The number of benzene rings is 1. The normalized spacial score (nSPS) is 23.5. The molecule has 33 heavy (non-hydrogen) atoms. The Bertz CT molecular complexity index is 857. The van der Waals surface area contributed by atoms with Crippen LogP contribution in [0.1, 0.15) is 97.5 Å². The van der Waals surface area contributed by atoms with Gasteiger partial charge < -0.3 is 4.90 Å². The Morgan fingerprint density at radius 3 is 2.33 bits per heavy atom. The smallest absolute Gasteiger partial charge is 0.0366 e. The number of piperidine rings is 1. The minimum Gasteiger partial charge on any atom is -0.371 e. The van der Waals surface area contributed by atoms with Gasteiger partial charge in [-0.2, -0.15) is 0 Å². The van der Waals surface area contributed by atoms with E-state index in [1.807, 2.05) is 0 Å². The molecule has 1 nitrogen and oxygen atoms in total. The maximum atomic E-state index is 4.57. The third-order valence-electron chi connectivity index (χ3n) is 7.88. The zero-order chi connectivity index (χ0) is 23.8.